The van der Waals surface area contributed by atoms with E-state index in [-0.39, 0.29) is 5.41 Å². The fourth-order valence-corrected chi connectivity index (χ4v) is 12.2. The fraction of sp³-hybridized carbons (Fsp3) is 0.0435. The lowest BCUT2D eigenvalue weighted by Gasteiger charge is -2.28. The normalized spacial score (nSPS) is 12.9. The highest BCUT2D eigenvalue weighted by molar-refractivity contribution is 6.11. The van der Waals surface area contributed by atoms with Gasteiger partial charge in [-0.3, -0.25) is 0 Å². The van der Waals surface area contributed by atoms with Crippen LogP contribution in [0.5, 0.6) is 0 Å². The van der Waals surface area contributed by atoms with Crippen molar-refractivity contribution in [1.29, 1.82) is 0 Å². The molecule has 11 aromatic carbocycles. The number of para-hydroxylation sites is 5. The maximum absolute atomic E-state index is 6.19. The van der Waals surface area contributed by atoms with Crippen LogP contribution in [0.1, 0.15) is 25.0 Å². The van der Waals surface area contributed by atoms with Gasteiger partial charge in [0.25, 0.3) is 0 Å². The van der Waals surface area contributed by atoms with Crippen LogP contribution < -0.4 is 4.90 Å². The molecule has 0 atom stereocenters. The molecule has 1 aliphatic carbocycles. The van der Waals surface area contributed by atoms with Crippen molar-refractivity contribution in [3.8, 4) is 44.8 Å². The van der Waals surface area contributed by atoms with Gasteiger partial charge in [-0.2, -0.15) is 0 Å². The SMILES string of the molecule is CC1(C)c2cc(N(c3ccc(-c4ccc5oc6ccccc6c5c4)cc3)c3ccc(-c4ccc5c(c4)c4ccccc4n5-c4ccccc4)cc3)ccc2-c2ccc(-n3c4ccccc4c4ccccc43)cc21. The molecule has 4 heteroatoms. The smallest absolute Gasteiger partial charge is 0.135 e. The molecule has 0 saturated carbocycles. The highest BCUT2D eigenvalue weighted by Gasteiger charge is 2.37. The predicted molar refractivity (Wildman–Crippen MR) is 306 cm³/mol. The summed E-state index contributed by atoms with van der Waals surface area (Å²) in [5, 5.41) is 7.29. The second-order valence-corrected chi connectivity index (χ2v) is 20.1. The van der Waals surface area contributed by atoms with E-state index >= 15 is 0 Å². The van der Waals surface area contributed by atoms with Crippen molar-refractivity contribution in [2.24, 2.45) is 0 Å². The minimum atomic E-state index is -0.257. The van der Waals surface area contributed by atoms with Gasteiger partial charge in [0.2, 0.25) is 0 Å². The molecule has 0 unspecified atom stereocenters. The Morgan fingerprint density at radius 1 is 0.315 bits per heavy atom. The van der Waals surface area contributed by atoms with Crippen LogP contribution in [0.15, 0.2) is 253 Å². The van der Waals surface area contributed by atoms with Crippen LogP contribution in [0, 0.1) is 0 Å². The summed E-state index contributed by atoms with van der Waals surface area (Å²) in [5.41, 5.74) is 21.9. The van der Waals surface area contributed by atoms with E-state index in [1.165, 1.54) is 82.7 Å². The first-order chi connectivity index (χ1) is 35.9. The Morgan fingerprint density at radius 2 is 0.767 bits per heavy atom. The minimum Gasteiger partial charge on any atom is -0.456 e. The average molecular weight is 934 g/mol. The molecule has 15 rings (SSSR count). The largest absolute Gasteiger partial charge is 0.456 e. The van der Waals surface area contributed by atoms with Crippen LogP contribution in [0.2, 0.25) is 0 Å². The van der Waals surface area contributed by atoms with Crippen molar-refractivity contribution in [3.63, 3.8) is 0 Å². The number of anilines is 3. The van der Waals surface area contributed by atoms with Crippen molar-refractivity contribution < 1.29 is 4.42 Å². The monoisotopic (exact) mass is 933 g/mol. The van der Waals surface area contributed by atoms with E-state index in [9.17, 15) is 0 Å². The van der Waals surface area contributed by atoms with E-state index in [0.717, 1.165) is 55.8 Å². The van der Waals surface area contributed by atoms with Crippen molar-refractivity contribution in [1.82, 2.24) is 9.13 Å². The molecule has 14 aromatic rings. The first-order valence-corrected chi connectivity index (χ1v) is 25.2. The lowest BCUT2D eigenvalue weighted by molar-refractivity contribution is 0.660. The molecule has 0 spiro atoms. The quantitative estimate of drug-likeness (QED) is 0.159. The molecule has 0 fully saturated rings. The summed E-state index contributed by atoms with van der Waals surface area (Å²) in [6.45, 7) is 4.78. The maximum atomic E-state index is 6.19. The van der Waals surface area contributed by atoms with E-state index in [0.29, 0.717) is 0 Å². The van der Waals surface area contributed by atoms with E-state index in [1.54, 1.807) is 0 Å². The summed E-state index contributed by atoms with van der Waals surface area (Å²) in [5.74, 6) is 0. The standard InChI is InChI=1S/C69H47N3O/c1-69(2)61-42-51(34-36-53(61)54-37-35-52(43-62(54)69)72-63-20-10-6-16-55(63)56-17-7-11-21-64(56)72)70(50-32-26-45(27-33-50)47-29-39-68-60(41-47)58-19-9-13-23-67(58)73-68)49-30-24-44(25-31-49)46-28-38-66-59(40-46)57-18-8-12-22-65(57)71(66)48-14-4-3-5-15-48/h3-43H,1-2H3. The van der Waals surface area contributed by atoms with Gasteiger partial charge in [-0.25, -0.2) is 0 Å². The van der Waals surface area contributed by atoms with E-state index in [4.69, 9.17) is 4.42 Å². The van der Waals surface area contributed by atoms with Crippen molar-refractivity contribution in [2.45, 2.75) is 19.3 Å². The summed E-state index contributed by atoms with van der Waals surface area (Å²) in [6.07, 6.45) is 0. The lowest BCUT2D eigenvalue weighted by Crippen LogP contribution is -2.17. The summed E-state index contributed by atoms with van der Waals surface area (Å²) in [7, 11) is 0. The topological polar surface area (TPSA) is 26.2 Å². The molecule has 3 heterocycles. The van der Waals surface area contributed by atoms with Gasteiger partial charge in [0.15, 0.2) is 0 Å². The first-order valence-electron chi connectivity index (χ1n) is 25.2. The fourth-order valence-electron chi connectivity index (χ4n) is 12.2. The van der Waals surface area contributed by atoms with Gasteiger partial charge >= 0.3 is 0 Å². The third kappa shape index (κ3) is 6.33. The molecule has 0 N–H and O–H groups in total. The summed E-state index contributed by atoms with van der Waals surface area (Å²) >= 11 is 0. The maximum Gasteiger partial charge on any atom is 0.135 e. The predicted octanol–water partition coefficient (Wildman–Crippen LogP) is 18.9. The zero-order valence-electron chi connectivity index (χ0n) is 40.4. The molecule has 1 aliphatic rings. The summed E-state index contributed by atoms with van der Waals surface area (Å²) in [6, 6.07) is 91.0. The Kier molecular flexibility index (Phi) is 8.97. The number of nitrogens with zero attached hydrogens (tertiary/aromatic N) is 3. The minimum absolute atomic E-state index is 0.257. The molecule has 0 bridgehead atoms. The number of hydrogen-bond acceptors (Lipinski definition) is 2. The molecular formula is C69H47N3O. The van der Waals surface area contributed by atoms with Crippen molar-refractivity contribution >= 4 is 82.6 Å². The third-order valence-electron chi connectivity index (χ3n) is 15.7. The van der Waals surface area contributed by atoms with Crippen LogP contribution >= 0.6 is 0 Å². The van der Waals surface area contributed by atoms with Crippen LogP contribution in [-0.2, 0) is 5.41 Å². The zero-order valence-corrected chi connectivity index (χ0v) is 40.4. The Morgan fingerprint density at radius 3 is 1.41 bits per heavy atom. The number of furan rings is 1. The van der Waals surface area contributed by atoms with Crippen molar-refractivity contribution in [2.75, 3.05) is 4.90 Å². The molecule has 0 saturated heterocycles. The number of aromatic nitrogens is 2. The lowest BCUT2D eigenvalue weighted by atomic mass is 9.82. The molecule has 73 heavy (non-hydrogen) atoms. The van der Waals surface area contributed by atoms with Crippen LogP contribution in [0.25, 0.3) is 110 Å². The van der Waals surface area contributed by atoms with Gasteiger partial charge in [-0.1, -0.05) is 153 Å². The van der Waals surface area contributed by atoms with E-state index in [1.807, 2.05) is 12.1 Å². The molecular weight excluding hydrogens is 887 g/mol. The van der Waals surface area contributed by atoms with Gasteiger partial charge in [0, 0.05) is 66.2 Å². The molecule has 0 aliphatic heterocycles. The van der Waals surface area contributed by atoms with E-state index < -0.39 is 0 Å². The van der Waals surface area contributed by atoms with E-state index in [2.05, 4.69) is 264 Å². The van der Waals surface area contributed by atoms with Gasteiger partial charge in [-0.15, -0.1) is 0 Å². The van der Waals surface area contributed by atoms with Crippen LogP contribution in [-0.4, -0.2) is 9.13 Å². The van der Waals surface area contributed by atoms with Crippen molar-refractivity contribution in [3.05, 3.63) is 260 Å². The van der Waals surface area contributed by atoms with Gasteiger partial charge in [0.1, 0.15) is 11.2 Å². The Bertz CT molecular complexity index is 4460. The highest BCUT2D eigenvalue weighted by Crippen LogP contribution is 2.52. The number of rotatable bonds is 7. The number of hydrogen-bond donors (Lipinski definition) is 0. The van der Waals surface area contributed by atoms with Crippen LogP contribution in [0.4, 0.5) is 17.1 Å². The summed E-state index contributed by atoms with van der Waals surface area (Å²) < 4.78 is 11.0. The average Bonchev–Trinajstić information content (AvgIpc) is 4.16. The van der Waals surface area contributed by atoms with Gasteiger partial charge < -0.3 is 18.5 Å². The Balaban J connectivity index is 0.833. The Hall–Kier alpha value is -9.38. The van der Waals surface area contributed by atoms with Gasteiger partial charge in [-0.05, 0) is 154 Å². The molecule has 3 aromatic heterocycles. The zero-order chi connectivity index (χ0) is 48.4. The second-order valence-electron chi connectivity index (χ2n) is 20.1. The second kappa shape index (κ2) is 15.8. The molecule has 0 radical (unpaired) electrons. The van der Waals surface area contributed by atoms with Gasteiger partial charge in [0.05, 0.1) is 22.1 Å². The Labute approximate surface area is 422 Å². The number of fused-ring (bicyclic) bond motifs is 12. The van der Waals surface area contributed by atoms with Crippen LogP contribution in [0.3, 0.4) is 0 Å². The molecule has 0 amide bonds. The highest BCUT2D eigenvalue weighted by atomic mass is 16.3. The molecule has 4 nitrogen and oxygen atoms in total. The summed E-state index contributed by atoms with van der Waals surface area (Å²) in [4.78, 5) is 2.42. The molecule has 344 valence electrons. The first kappa shape index (κ1) is 41.4. The third-order valence-corrected chi connectivity index (χ3v) is 15.7. The number of benzene rings is 11.